The van der Waals surface area contributed by atoms with E-state index in [0.717, 1.165) is 0 Å². The summed E-state index contributed by atoms with van der Waals surface area (Å²) in [4.78, 5) is 25.1. The van der Waals surface area contributed by atoms with E-state index >= 15 is 0 Å². The summed E-state index contributed by atoms with van der Waals surface area (Å²) in [6.07, 6.45) is 1.42. The second kappa shape index (κ2) is 9.93. The quantitative estimate of drug-likeness (QED) is 0.402. The number of para-hydroxylation sites is 1. The molecular weight excluding hydrogens is 398 g/mol. The SMILES string of the molecule is COc1ccc(C(=O)Nc2ccccc2C(=O)N/N=C/c2ccc(O)c(OC)c2)cc1. The lowest BCUT2D eigenvalue weighted by atomic mass is 10.1. The van der Waals surface area contributed by atoms with Crippen molar-refractivity contribution in [1.82, 2.24) is 5.43 Å². The number of hydrazone groups is 1. The highest BCUT2D eigenvalue weighted by Crippen LogP contribution is 2.25. The van der Waals surface area contributed by atoms with Crippen LogP contribution in [0.4, 0.5) is 5.69 Å². The molecule has 0 aliphatic rings. The minimum atomic E-state index is -0.493. The number of ether oxygens (including phenoxy) is 2. The fourth-order valence-corrected chi connectivity index (χ4v) is 2.73. The van der Waals surface area contributed by atoms with Crippen LogP contribution in [-0.4, -0.2) is 37.4 Å². The van der Waals surface area contributed by atoms with Crippen LogP contribution in [0, 0.1) is 0 Å². The van der Waals surface area contributed by atoms with Crippen molar-refractivity contribution in [2.75, 3.05) is 19.5 Å². The Balaban J connectivity index is 1.70. The first-order valence-corrected chi connectivity index (χ1v) is 9.26. The van der Waals surface area contributed by atoms with E-state index in [1.54, 1.807) is 67.8 Å². The number of nitrogens with one attached hydrogen (secondary N) is 2. The van der Waals surface area contributed by atoms with Crippen molar-refractivity contribution < 1.29 is 24.2 Å². The highest BCUT2D eigenvalue weighted by molar-refractivity contribution is 6.09. The number of phenolic OH excluding ortho intramolecular Hbond substituents is 1. The molecule has 8 heteroatoms. The van der Waals surface area contributed by atoms with Crippen LogP contribution in [0.5, 0.6) is 17.2 Å². The average Bonchev–Trinajstić information content (AvgIpc) is 2.80. The fraction of sp³-hybridized carbons (Fsp3) is 0.0870. The van der Waals surface area contributed by atoms with Gasteiger partial charge >= 0.3 is 0 Å². The first-order chi connectivity index (χ1) is 15.0. The molecule has 0 unspecified atom stereocenters. The zero-order valence-electron chi connectivity index (χ0n) is 17.0. The minimum Gasteiger partial charge on any atom is -0.504 e. The zero-order valence-corrected chi connectivity index (χ0v) is 17.0. The van der Waals surface area contributed by atoms with Crippen LogP contribution in [0.25, 0.3) is 0 Å². The van der Waals surface area contributed by atoms with Gasteiger partial charge in [0.25, 0.3) is 11.8 Å². The number of hydrogen-bond donors (Lipinski definition) is 3. The molecule has 3 aromatic rings. The van der Waals surface area contributed by atoms with Crippen molar-refractivity contribution in [2.24, 2.45) is 5.10 Å². The summed E-state index contributed by atoms with van der Waals surface area (Å²) in [6, 6.07) is 17.9. The molecule has 0 radical (unpaired) electrons. The van der Waals surface area contributed by atoms with Gasteiger partial charge in [-0.05, 0) is 60.2 Å². The van der Waals surface area contributed by atoms with Crippen LogP contribution in [0.2, 0.25) is 0 Å². The van der Waals surface area contributed by atoms with Gasteiger partial charge in [0.1, 0.15) is 5.75 Å². The van der Waals surface area contributed by atoms with Crippen LogP contribution in [0.1, 0.15) is 26.3 Å². The van der Waals surface area contributed by atoms with E-state index in [2.05, 4.69) is 15.8 Å². The molecule has 0 spiro atoms. The van der Waals surface area contributed by atoms with Gasteiger partial charge in [-0.2, -0.15) is 5.10 Å². The Morgan fingerprint density at radius 1 is 0.935 bits per heavy atom. The maximum atomic E-state index is 12.6. The maximum absolute atomic E-state index is 12.6. The van der Waals surface area contributed by atoms with Crippen LogP contribution in [0.3, 0.4) is 0 Å². The Bertz CT molecular complexity index is 1110. The van der Waals surface area contributed by atoms with Crippen molar-refractivity contribution in [3.63, 3.8) is 0 Å². The van der Waals surface area contributed by atoms with Gasteiger partial charge in [0, 0.05) is 5.56 Å². The molecule has 8 nitrogen and oxygen atoms in total. The minimum absolute atomic E-state index is 0.00483. The van der Waals surface area contributed by atoms with Crippen LogP contribution in [-0.2, 0) is 0 Å². The van der Waals surface area contributed by atoms with Gasteiger partial charge in [-0.3, -0.25) is 9.59 Å². The molecule has 3 N–H and O–H groups in total. The lowest BCUT2D eigenvalue weighted by Gasteiger charge is -2.10. The van der Waals surface area contributed by atoms with E-state index in [4.69, 9.17) is 9.47 Å². The highest BCUT2D eigenvalue weighted by Gasteiger charge is 2.14. The summed E-state index contributed by atoms with van der Waals surface area (Å²) in [7, 11) is 2.99. The highest BCUT2D eigenvalue weighted by atomic mass is 16.5. The van der Waals surface area contributed by atoms with Gasteiger partial charge in [0.05, 0.1) is 31.7 Å². The first kappa shape index (κ1) is 21.4. The Morgan fingerprint density at radius 2 is 1.68 bits per heavy atom. The summed E-state index contributed by atoms with van der Waals surface area (Å²) < 4.78 is 10.1. The molecule has 2 amide bonds. The summed E-state index contributed by atoms with van der Waals surface area (Å²) >= 11 is 0. The number of benzene rings is 3. The van der Waals surface area contributed by atoms with Crippen molar-refractivity contribution in [2.45, 2.75) is 0 Å². The molecule has 158 valence electrons. The molecule has 0 fully saturated rings. The second-order valence-electron chi connectivity index (χ2n) is 6.36. The van der Waals surface area contributed by atoms with Gasteiger partial charge in [-0.25, -0.2) is 5.43 Å². The summed E-state index contributed by atoms with van der Waals surface area (Å²) in [5.74, 6) is 0.0859. The smallest absolute Gasteiger partial charge is 0.273 e. The summed E-state index contributed by atoms with van der Waals surface area (Å²) in [6.45, 7) is 0. The number of methoxy groups -OCH3 is 2. The monoisotopic (exact) mass is 419 g/mol. The molecule has 0 bridgehead atoms. The third-order valence-corrected chi connectivity index (χ3v) is 4.36. The van der Waals surface area contributed by atoms with Crippen LogP contribution < -0.4 is 20.2 Å². The Kier molecular flexibility index (Phi) is 6.85. The molecule has 0 saturated heterocycles. The Labute approximate surface area is 179 Å². The van der Waals surface area contributed by atoms with E-state index < -0.39 is 5.91 Å². The standard InChI is InChI=1S/C23H21N3O5/c1-30-17-10-8-16(9-11-17)22(28)25-19-6-4-3-5-18(19)23(29)26-24-14-15-7-12-20(27)21(13-15)31-2/h3-14,27H,1-2H3,(H,25,28)(H,26,29)/b24-14+. The van der Waals surface area contributed by atoms with Gasteiger partial charge in [0.15, 0.2) is 11.5 Å². The van der Waals surface area contributed by atoms with Gasteiger partial charge < -0.3 is 19.9 Å². The topological polar surface area (TPSA) is 109 Å². The number of phenols is 1. The molecule has 0 aromatic heterocycles. The number of hydrogen-bond acceptors (Lipinski definition) is 6. The number of anilines is 1. The largest absolute Gasteiger partial charge is 0.504 e. The Hall–Kier alpha value is -4.33. The predicted octanol–water partition coefficient (Wildman–Crippen LogP) is 3.43. The van der Waals surface area contributed by atoms with Crippen LogP contribution in [0.15, 0.2) is 71.8 Å². The Morgan fingerprint density at radius 3 is 2.39 bits per heavy atom. The molecule has 0 atom stereocenters. The number of carbonyl (C=O) groups is 2. The number of carbonyl (C=O) groups excluding carboxylic acids is 2. The number of nitrogens with zero attached hydrogens (tertiary/aromatic N) is 1. The summed E-state index contributed by atoms with van der Waals surface area (Å²) in [5.41, 5.74) is 4.08. The molecule has 0 saturated carbocycles. The van der Waals surface area contributed by atoms with Crippen molar-refractivity contribution in [3.05, 3.63) is 83.4 Å². The first-order valence-electron chi connectivity index (χ1n) is 9.26. The molecule has 31 heavy (non-hydrogen) atoms. The third-order valence-electron chi connectivity index (χ3n) is 4.36. The predicted molar refractivity (Wildman–Crippen MR) is 117 cm³/mol. The molecule has 0 aliphatic carbocycles. The number of aromatic hydroxyl groups is 1. The van der Waals surface area contributed by atoms with Crippen molar-refractivity contribution in [1.29, 1.82) is 0 Å². The van der Waals surface area contributed by atoms with Crippen molar-refractivity contribution in [3.8, 4) is 17.2 Å². The lowest BCUT2D eigenvalue weighted by Crippen LogP contribution is -2.21. The number of amides is 2. The van der Waals surface area contributed by atoms with E-state index in [-0.39, 0.29) is 17.2 Å². The van der Waals surface area contributed by atoms with Gasteiger partial charge in [-0.1, -0.05) is 12.1 Å². The second-order valence-corrected chi connectivity index (χ2v) is 6.36. The molecule has 0 heterocycles. The third kappa shape index (κ3) is 5.39. The molecular formula is C23H21N3O5. The van der Waals surface area contributed by atoms with Crippen LogP contribution >= 0.6 is 0 Å². The number of rotatable bonds is 7. The zero-order chi connectivity index (χ0) is 22.2. The van der Waals surface area contributed by atoms with Gasteiger partial charge in [-0.15, -0.1) is 0 Å². The van der Waals surface area contributed by atoms with E-state index in [0.29, 0.717) is 28.3 Å². The van der Waals surface area contributed by atoms with Gasteiger partial charge in [0.2, 0.25) is 0 Å². The maximum Gasteiger partial charge on any atom is 0.273 e. The fourth-order valence-electron chi connectivity index (χ4n) is 2.73. The lowest BCUT2D eigenvalue weighted by molar-refractivity contribution is 0.0956. The van der Waals surface area contributed by atoms with E-state index in [1.807, 2.05) is 0 Å². The van der Waals surface area contributed by atoms with E-state index in [1.165, 1.54) is 19.4 Å². The molecule has 0 aliphatic heterocycles. The van der Waals surface area contributed by atoms with E-state index in [9.17, 15) is 14.7 Å². The summed E-state index contributed by atoms with van der Waals surface area (Å²) in [5, 5.41) is 16.3. The van der Waals surface area contributed by atoms with Crippen molar-refractivity contribution >= 4 is 23.7 Å². The molecule has 3 aromatic carbocycles. The normalized spacial score (nSPS) is 10.5. The average molecular weight is 419 g/mol. The molecule has 3 rings (SSSR count).